The Morgan fingerprint density at radius 3 is 2.75 bits per heavy atom. The van der Waals surface area contributed by atoms with Crippen molar-refractivity contribution in [2.24, 2.45) is 7.05 Å². The highest BCUT2D eigenvalue weighted by atomic mass is 35.5. The zero-order valence-corrected chi connectivity index (χ0v) is 11.7. The fraction of sp³-hybridized carbons (Fsp3) is 0.625. The Kier molecular flexibility index (Phi) is 4.66. The van der Waals surface area contributed by atoms with E-state index in [-0.39, 0.29) is 15.4 Å². The van der Waals surface area contributed by atoms with Gasteiger partial charge >= 0.3 is 0 Å². The van der Waals surface area contributed by atoms with Gasteiger partial charge in [0.1, 0.15) is 5.15 Å². The number of aryl methyl sites for hydroxylation is 1. The number of hydrogen-bond acceptors (Lipinski definition) is 4. The fourth-order valence-electron chi connectivity index (χ4n) is 0.953. The Bertz CT molecular complexity index is 458. The lowest BCUT2D eigenvalue weighted by Crippen LogP contribution is -2.30. The summed E-state index contributed by atoms with van der Waals surface area (Å²) in [6.45, 7) is 2.30. The van der Waals surface area contributed by atoms with Gasteiger partial charge in [0.25, 0.3) is 10.0 Å². The van der Waals surface area contributed by atoms with Crippen LogP contribution in [-0.2, 0) is 17.1 Å². The third-order valence-electron chi connectivity index (χ3n) is 2.05. The number of nitrogens with one attached hydrogen (secondary N) is 1. The lowest BCUT2D eigenvalue weighted by atomic mass is 10.5. The monoisotopic (exact) mass is 283 g/mol. The lowest BCUT2D eigenvalue weighted by molar-refractivity contribution is 0.578. The van der Waals surface area contributed by atoms with Crippen LogP contribution in [0.5, 0.6) is 0 Å². The molecule has 1 aromatic rings. The van der Waals surface area contributed by atoms with Crippen LogP contribution in [0.4, 0.5) is 0 Å². The predicted octanol–water partition coefficient (Wildman–Crippen LogP) is 1.10. The second kappa shape index (κ2) is 5.39. The third-order valence-corrected chi connectivity index (χ3v) is 4.94. The molecule has 0 aliphatic rings. The molecule has 0 spiro atoms. The van der Waals surface area contributed by atoms with E-state index >= 15 is 0 Å². The molecular formula is C8H14ClN3O2S2. The van der Waals surface area contributed by atoms with E-state index in [0.717, 1.165) is 0 Å². The standard InChI is InChI=1S/C8H14ClN3O2S2/c1-6(15-3)4-11-16(13,14)8-7(9)12(2)5-10-8/h5-6,11H,4H2,1-3H3. The number of aromatic nitrogens is 2. The Labute approximate surface area is 105 Å². The fourth-order valence-corrected chi connectivity index (χ4v) is 2.86. The third kappa shape index (κ3) is 3.13. The first-order chi connectivity index (χ1) is 7.38. The lowest BCUT2D eigenvalue weighted by Gasteiger charge is -2.09. The van der Waals surface area contributed by atoms with Gasteiger partial charge in [0.05, 0.1) is 6.33 Å². The maximum Gasteiger partial charge on any atom is 0.261 e. The molecule has 1 rings (SSSR count). The molecule has 1 unspecified atom stereocenters. The van der Waals surface area contributed by atoms with E-state index in [4.69, 9.17) is 11.6 Å². The minimum Gasteiger partial charge on any atom is -0.324 e. The van der Waals surface area contributed by atoms with Crippen LogP contribution < -0.4 is 4.72 Å². The van der Waals surface area contributed by atoms with Gasteiger partial charge in [0.2, 0.25) is 5.03 Å². The summed E-state index contributed by atoms with van der Waals surface area (Å²) in [5, 5.41) is 0.200. The van der Waals surface area contributed by atoms with Crippen molar-refractivity contribution in [1.29, 1.82) is 0 Å². The Hall–Kier alpha value is -0.240. The van der Waals surface area contributed by atoms with E-state index in [2.05, 4.69) is 9.71 Å². The van der Waals surface area contributed by atoms with Crippen molar-refractivity contribution in [2.45, 2.75) is 17.2 Å². The molecule has 0 fully saturated rings. The van der Waals surface area contributed by atoms with E-state index in [1.807, 2.05) is 13.2 Å². The summed E-state index contributed by atoms with van der Waals surface area (Å²) in [5.74, 6) is 0. The smallest absolute Gasteiger partial charge is 0.261 e. The molecule has 1 heterocycles. The molecule has 1 atom stereocenters. The van der Waals surface area contributed by atoms with Gasteiger partial charge in [-0.1, -0.05) is 18.5 Å². The van der Waals surface area contributed by atoms with Gasteiger partial charge in [-0.05, 0) is 6.26 Å². The Balaban J connectivity index is 2.83. The molecule has 0 aliphatic carbocycles. The molecule has 0 aromatic carbocycles. The van der Waals surface area contributed by atoms with E-state index in [1.54, 1.807) is 18.8 Å². The quantitative estimate of drug-likeness (QED) is 0.879. The normalized spacial score (nSPS) is 14.0. The molecule has 5 nitrogen and oxygen atoms in total. The van der Waals surface area contributed by atoms with Gasteiger partial charge < -0.3 is 4.57 Å². The van der Waals surface area contributed by atoms with Crippen LogP contribution in [0.15, 0.2) is 11.4 Å². The average molecular weight is 284 g/mol. The SMILES string of the molecule is CSC(C)CNS(=O)(=O)c1ncn(C)c1Cl. The highest BCUT2D eigenvalue weighted by Gasteiger charge is 2.22. The van der Waals surface area contributed by atoms with Crippen LogP contribution in [-0.4, -0.2) is 36.0 Å². The maximum absolute atomic E-state index is 11.8. The van der Waals surface area contributed by atoms with Crippen molar-refractivity contribution < 1.29 is 8.42 Å². The second-order valence-electron chi connectivity index (χ2n) is 3.35. The van der Waals surface area contributed by atoms with Crippen LogP contribution in [0, 0.1) is 0 Å². The number of rotatable bonds is 5. The minimum atomic E-state index is -3.60. The number of halogens is 1. The molecule has 16 heavy (non-hydrogen) atoms. The largest absolute Gasteiger partial charge is 0.324 e. The van der Waals surface area contributed by atoms with E-state index in [0.29, 0.717) is 6.54 Å². The first-order valence-electron chi connectivity index (χ1n) is 4.57. The summed E-state index contributed by atoms with van der Waals surface area (Å²) >= 11 is 7.40. The molecule has 0 bridgehead atoms. The van der Waals surface area contributed by atoms with Gasteiger partial charge in [-0.25, -0.2) is 18.1 Å². The minimum absolute atomic E-state index is 0.115. The van der Waals surface area contributed by atoms with E-state index in [1.165, 1.54) is 10.9 Å². The van der Waals surface area contributed by atoms with Crippen molar-refractivity contribution in [3.63, 3.8) is 0 Å². The molecule has 0 saturated carbocycles. The zero-order chi connectivity index (χ0) is 12.3. The van der Waals surface area contributed by atoms with Gasteiger partial charge in [-0.3, -0.25) is 0 Å². The summed E-state index contributed by atoms with van der Waals surface area (Å²) in [5.41, 5.74) is 0. The molecule has 1 N–H and O–H groups in total. The number of thioether (sulfide) groups is 1. The van der Waals surface area contributed by atoms with Crippen LogP contribution in [0.25, 0.3) is 0 Å². The van der Waals surface area contributed by atoms with Crippen molar-refractivity contribution in [3.05, 3.63) is 11.5 Å². The second-order valence-corrected chi connectivity index (χ2v) is 6.67. The number of nitrogens with zero attached hydrogens (tertiary/aromatic N) is 2. The molecular weight excluding hydrogens is 270 g/mol. The number of imidazole rings is 1. The van der Waals surface area contributed by atoms with Crippen molar-refractivity contribution in [2.75, 3.05) is 12.8 Å². The molecule has 0 amide bonds. The molecule has 1 aromatic heterocycles. The van der Waals surface area contributed by atoms with Crippen LogP contribution in [0.2, 0.25) is 5.15 Å². The van der Waals surface area contributed by atoms with Crippen LogP contribution >= 0.6 is 23.4 Å². The molecule has 92 valence electrons. The van der Waals surface area contributed by atoms with Crippen molar-refractivity contribution in [3.8, 4) is 0 Å². The summed E-state index contributed by atoms with van der Waals surface area (Å²) in [7, 11) is -1.96. The first kappa shape index (κ1) is 13.8. The topological polar surface area (TPSA) is 64.0 Å². The van der Waals surface area contributed by atoms with Crippen molar-refractivity contribution in [1.82, 2.24) is 14.3 Å². The zero-order valence-electron chi connectivity index (χ0n) is 9.27. The molecule has 0 radical (unpaired) electrons. The molecule has 0 saturated heterocycles. The Morgan fingerprint density at radius 2 is 2.31 bits per heavy atom. The molecule has 0 aliphatic heterocycles. The van der Waals surface area contributed by atoms with Gasteiger partial charge in [-0.2, -0.15) is 11.8 Å². The van der Waals surface area contributed by atoms with Gasteiger partial charge in [0, 0.05) is 18.8 Å². The Morgan fingerprint density at radius 1 is 1.69 bits per heavy atom. The summed E-state index contributed by atoms with van der Waals surface area (Å²) < 4.78 is 27.5. The van der Waals surface area contributed by atoms with Crippen LogP contribution in [0.3, 0.4) is 0 Å². The summed E-state index contributed by atoms with van der Waals surface area (Å²) in [6, 6.07) is 0. The van der Waals surface area contributed by atoms with E-state index in [9.17, 15) is 8.42 Å². The summed E-state index contributed by atoms with van der Waals surface area (Å²) in [6.07, 6.45) is 3.29. The highest BCUT2D eigenvalue weighted by molar-refractivity contribution is 7.99. The first-order valence-corrected chi connectivity index (χ1v) is 7.72. The summed E-state index contributed by atoms with van der Waals surface area (Å²) in [4.78, 5) is 3.76. The average Bonchev–Trinajstić information content (AvgIpc) is 2.57. The van der Waals surface area contributed by atoms with Crippen molar-refractivity contribution >= 4 is 33.4 Å². The van der Waals surface area contributed by atoms with E-state index < -0.39 is 10.0 Å². The highest BCUT2D eigenvalue weighted by Crippen LogP contribution is 2.18. The van der Waals surface area contributed by atoms with Gasteiger partial charge in [-0.15, -0.1) is 0 Å². The van der Waals surface area contributed by atoms with Crippen LogP contribution in [0.1, 0.15) is 6.92 Å². The maximum atomic E-state index is 11.8. The number of hydrogen-bond donors (Lipinski definition) is 1. The van der Waals surface area contributed by atoms with Gasteiger partial charge in [0.15, 0.2) is 0 Å². The predicted molar refractivity (Wildman–Crippen MR) is 66.4 cm³/mol. The molecule has 8 heteroatoms. The number of sulfonamides is 1.